The predicted octanol–water partition coefficient (Wildman–Crippen LogP) is 1.51. The van der Waals surface area contributed by atoms with Gasteiger partial charge in [-0.05, 0) is 37.4 Å². The van der Waals surface area contributed by atoms with Crippen LogP contribution in [-0.4, -0.2) is 21.2 Å². The molecule has 1 aromatic rings. The summed E-state index contributed by atoms with van der Waals surface area (Å²) in [5.41, 5.74) is 5.78. The van der Waals surface area contributed by atoms with Crippen molar-refractivity contribution in [3.63, 3.8) is 0 Å². The third kappa shape index (κ3) is 3.28. The Morgan fingerprint density at radius 2 is 2.00 bits per heavy atom. The molecule has 0 saturated carbocycles. The van der Waals surface area contributed by atoms with Gasteiger partial charge < -0.3 is 5.73 Å². The Morgan fingerprint density at radius 1 is 1.31 bits per heavy atom. The van der Waals surface area contributed by atoms with Gasteiger partial charge >= 0.3 is 0 Å². The maximum atomic E-state index is 13.8. The molecule has 0 radical (unpaired) electrons. The van der Waals surface area contributed by atoms with Gasteiger partial charge in [0.05, 0.1) is 0 Å². The Morgan fingerprint density at radius 3 is 2.56 bits per heavy atom. The minimum Gasteiger partial charge on any atom is -0.330 e. The molecule has 0 unspecified atom stereocenters. The van der Waals surface area contributed by atoms with Crippen molar-refractivity contribution >= 4 is 9.84 Å². The van der Waals surface area contributed by atoms with Gasteiger partial charge in [0.15, 0.2) is 9.84 Å². The van der Waals surface area contributed by atoms with Crippen LogP contribution in [0.2, 0.25) is 0 Å². The SMILES string of the molecule is CS(=O)(=O)c1cccc(CCCCN)c1F. The number of halogens is 1. The van der Waals surface area contributed by atoms with E-state index in [4.69, 9.17) is 5.73 Å². The lowest BCUT2D eigenvalue weighted by atomic mass is 10.1. The molecule has 0 amide bonds. The van der Waals surface area contributed by atoms with E-state index in [1.54, 1.807) is 12.1 Å². The highest BCUT2D eigenvalue weighted by molar-refractivity contribution is 7.90. The number of unbranched alkanes of at least 4 members (excludes halogenated alkanes) is 1. The summed E-state index contributed by atoms with van der Waals surface area (Å²) in [6.45, 7) is 0.563. The number of hydrogen-bond acceptors (Lipinski definition) is 3. The molecule has 0 aliphatic heterocycles. The molecular weight excluding hydrogens is 229 g/mol. The molecule has 0 spiro atoms. The van der Waals surface area contributed by atoms with Crippen LogP contribution in [0.25, 0.3) is 0 Å². The van der Waals surface area contributed by atoms with Crippen LogP contribution in [0.1, 0.15) is 18.4 Å². The Labute approximate surface area is 95.4 Å². The van der Waals surface area contributed by atoms with E-state index in [9.17, 15) is 12.8 Å². The van der Waals surface area contributed by atoms with Gasteiger partial charge in [-0.3, -0.25) is 0 Å². The number of rotatable bonds is 5. The lowest BCUT2D eigenvalue weighted by Gasteiger charge is -2.06. The van der Waals surface area contributed by atoms with E-state index in [1.165, 1.54) is 6.07 Å². The van der Waals surface area contributed by atoms with Crippen molar-refractivity contribution in [3.05, 3.63) is 29.6 Å². The second kappa shape index (κ2) is 5.41. The standard InChI is InChI=1S/C11H16FNO2S/c1-16(14,15)10-7-4-6-9(11(10)12)5-2-3-8-13/h4,6-7H,2-3,5,8,13H2,1H3. The summed E-state index contributed by atoms with van der Waals surface area (Å²) in [4.78, 5) is -0.224. The summed E-state index contributed by atoms with van der Waals surface area (Å²) < 4.78 is 36.3. The third-order valence-corrected chi connectivity index (χ3v) is 3.46. The lowest BCUT2D eigenvalue weighted by molar-refractivity contribution is 0.556. The van der Waals surface area contributed by atoms with Gasteiger partial charge in [0.25, 0.3) is 0 Å². The van der Waals surface area contributed by atoms with E-state index in [-0.39, 0.29) is 4.90 Å². The zero-order valence-electron chi connectivity index (χ0n) is 9.24. The van der Waals surface area contributed by atoms with E-state index in [1.807, 2.05) is 0 Å². The Hall–Kier alpha value is -0.940. The fraction of sp³-hybridized carbons (Fsp3) is 0.455. The fourth-order valence-corrected chi connectivity index (χ4v) is 2.28. The Bertz CT molecular complexity index is 457. The van der Waals surface area contributed by atoms with Gasteiger partial charge in [-0.1, -0.05) is 12.1 Å². The van der Waals surface area contributed by atoms with Gasteiger partial charge in [-0.25, -0.2) is 12.8 Å². The van der Waals surface area contributed by atoms with E-state index in [2.05, 4.69) is 0 Å². The summed E-state index contributed by atoms with van der Waals surface area (Å²) in [5.74, 6) is -0.623. The molecule has 0 aliphatic rings. The van der Waals surface area contributed by atoms with E-state index >= 15 is 0 Å². The first kappa shape index (κ1) is 13.1. The molecule has 3 nitrogen and oxygen atoms in total. The van der Waals surface area contributed by atoms with E-state index < -0.39 is 15.7 Å². The molecule has 16 heavy (non-hydrogen) atoms. The molecule has 0 aliphatic carbocycles. The highest BCUT2D eigenvalue weighted by Crippen LogP contribution is 2.19. The summed E-state index contributed by atoms with van der Waals surface area (Å²) in [5, 5.41) is 0. The topological polar surface area (TPSA) is 60.2 Å². The van der Waals surface area contributed by atoms with Crippen molar-refractivity contribution in [1.29, 1.82) is 0 Å². The van der Waals surface area contributed by atoms with Crippen molar-refractivity contribution in [2.24, 2.45) is 5.73 Å². The minimum absolute atomic E-state index is 0.224. The van der Waals surface area contributed by atoms with Crippen LogP contribution < -0.4 is 5.73 Å². The molecule has 0 heterocycles. The highest BCUT2D eigenvalue weighted by Gasteiger charge is 2.15. The van der Waals surface area contributed by atoms with E-state index in [0.717, 1.165) is 19.1 Å². The second-order valence-electron chi connectivity index (χ2n) is 3.75. The van der Waals surface area contributed by atoms with Crippen LogP contribution in [0, 0.1) is 5.82 Å². The maximum Gasteiger partial charge on any atom is 0.178 e. The molecule has 2 N–H and O–H groups in total. The van der Waals surface area contributed by atoms with Crippen molar-refractivity contribution in [1.82, 2.24) is 0 Å². The Balaban J connectivity index is 2.96. The van der Waals surface area contributed by atoms with Gasteiger partial charge in [-0.2, -0.15) is 0 Å². The number of sulfone groups is 1. The first-order chi connectivity index (χ1) is 7.46. The molecule has 5 heteroatoms. The van der Waals surface area contributed by atoms with Crippen molar-refractivity contribution in [3.8, 4) is 0 Å². The molecule has 90 valence electrons. The van der Waals surface area contributed by atoms with Gasteiger partial charge in [0.1, 0.15) is 10.7 Å². The molecule has 0 bridgehead atoms. The van der Waals surface area contributed by atoms with Gasteiger partial charge in [0, 0.05) is 6.26 Å². The minimum atomic E-state index is -3.49. The first-order valence-electron chi connectivity index (χ1n) is 5.14. The smallest absolute Gasteiger partial charge is 0.178 e. The van der Waals surface area contributed by atoms with Crippen molar-refractivity contribution in [2.75, 3.05) is 12.8 Å². The average molecular weight is 245 g/mol. The van der Waals surface area contributed by atoms with Crippen LogP contribution in [0.15, 0.2) is 23.1 Å². The van der Waals surface area contributed by atoms with Gasteiger partial charge in [0.2, 0.25) is 0 Å². The monoisotopic (exact) mass is 245 g/mol. The largest absolute Gasteiger partial charge is 0.330 e. The summed E-state index contributed by atoms with van der Waals surface area (Å²) in [6, 6.07) is 4.47. The van der Waals surface area contributed by atoms with Crippen molar-refractivity contribution in [2.45, 2.75) is 24.2 Å². The maximum absolute atomic E-state index is 13.8. The molecule has 0 atom stereocenters. The van der Waals surface area contributed by atoms with Crippen LogP contribution in [0.4, 0.5) is 4.39 Å². The number of benzene rings is 1. The molecule has 0 saturated heterocycles. The normalized spacial score (nSPS) is 11.7. The second-order valence-corrected chi connectivity index (χ2v) is 5.73. The van der Waals surface area contributed by atoms with Crippen LogP contribution >= 0.6 is 0 Å². The third-order valence-electron chi connectivity index (χ3n) is 2.34. The first-order valence-corrected chi connectivity index (χ1v) is 7.03. The molecule has 0 aromatic heterocycles. The Kier molecular flexibility index (Phi) is 4.44. The van der Waals surface area contributed by atoms with Crippen LogP contribution in [-0.2, 0) is 16.3 Å². The molecule has 1 aromatic carbocycles. The highest BCUT2D eigenvalue weighted by atomic mass is 32.2. The summed E-state index contributed by atoms with van der Waals surface area (Å²) >= 11 is 0. The average Bonchev–Trinajstić information content (AvgIpc) is 2.19. The molecule has 1 rings (SSSR count). The van der Waals surface area contributed by atoms with Crippen molar-refractivity contribution < 1.29 is 12.8 Å². The quantitative estimate of drug-likeness (QED) is 0.800. The fourth-order valence-electron chi connectivity index (χ4n) is 1.50. The van der Waals surface area contributed by atoms with E-state index in [0.29, 0.717) is 18.5 Å². The summed E-state index contributed by atoms with van der Waals surface area (Å²) in [7, 11) is -3.49. The predicted molar refractivity (Wildman–Crippen MR) is 61.5 cm³/mol. The summed E-state index contributed by atoms with van der Waals surface area (Å²) in [6.07, 6.45) is 3.10. The van der Waals surface area contributed by atoms with Gasteiger partial charge in [-0.15, -0.1) is 0 Å². The zero-order valence-corrected chi connectivity index (χ0v) is 10.1. The number of aryl methyl sites for hydroxylation is 1. The number of hydrogen-bond donors (Lipinski definition) is 1. The lowest BCUT2D eigenvalue weighted by Crippen LogP contribution is -2.04. The number of nitrogens with two attached hydrogens (primary N) is 1. The van der Waals surface area contributed by atoms with Crippen LogP contribution in [0.5, 0.6) is 0 Å². The zero-order chi connectivity index (χ0) is 12.2. The van der Waals surface area contributed by atoms with Crippen LogP contribution in [0.3, 0.4) is 0 Å². The molecule has 0 fully saturated rings. The molecular formula is C11H16FNO2S.